The molecule has 8 heteroatoms. The van der Waals surface area contributed by atoms with Gasteiger partial charge in [0.25, 0.3) is 15.9 Å². The molecule has 0 atom stereocenters. The number of rotatable bonds is 6. The monoisotopic (exact) mass is 448 g/mol. The zero-order valence-electron chi connectivity index (χ0n) is 18.1. The average molecular weight is 449 g/mol. The number of fused-ring (bicyclic) bond motifs is 1. The highest BCUT2D eigenvalue weighted by Gasteiger charge is 2.20. The molecular weight excluding hydrogens is 424 g/mol. The van der Waals surface area contributed by atoms with Crippen molar-refractivity contribution in [2.75, 3.05) is 10.0 Å². The van der Waals surface area contributed by atoms with Crippen molar-refractivity contribution in [3.05, 3.63) is 83.4 Å². The van der Waals surface area contributed by atoms with Crippen LogP contribution in [-0.4, -0.2) is 23.9 Å². The molecule has 0 aliphatic carbocycles. The van der Waals surface area contributed by atoms with Gasteiger partial charge in [0.15, 0.2) is 0 Å². The average Bonchev–Trinajstić information content (AvgIpc) is 3.12. The van der Waals surface area contributed by atoms with Crippen molar-refractivity contribution < 1.29 is 13.2 Å². The van der Waals surface area contributed by atoms with E-state index in [1.807, 2.05) is 54.8 Å². The van der Waals surface area contributed by atoms with Gasteiger partial charge in [-0.1, -0.05) is 35.9 Å². The Balaban J connectivity index is 1.64. The topological polar surface area (TPSA) is 93.1 Å². The number of nitrogens with one attached hydrogen (secondary N) is 2. The van der Waals surface area contributed by atoms with Crippen LogP contribution in [0.2, 0.25) is 0 Å². The van der Waals surface area contributed by atoms with Crippen molar-refractivity contribution in [3.8, 4) is 0 Å². The molecule has 4 rings (SSSR count). The third-order valence-electron chi connectivity index (χ3n) is 5.26. The Bertz CT molecular complexity index is 1410. The van der Waals surface area contributed by atoms with Gasteiger partial charge in [-0.25, -0.2) is 13.4 Å². The van der Waals surface area contributed by atoms with Crippen molar-refractivity contribution in [2.24, 2.45) is 0 Å². The molecule has 0 radical (unpaired) electrons. The minimum atomic E-state index is -3.86. The number of anilines is 2. The molecule has 0 saturated carbocycles. The number of para-hydroxylation sites is 2. The van der Waals surface area contributed by atoms with E-state index >= 15 is 0 Å². The summed E-state index contributed by atoms with van der Waals surface area (Å²) in [7, 11) is -3.86. The zero-order valence-corrected chi connectivity index (χ0v) is 18.9. The highest BCUT2D eigenvalue weighted by Crippen LogP contribution is 2.23. The van der Waals surface area contributed by atoms with Gasteiger partial charge in [0.2, 0.25) is 5.95 Å². The van der Waals surface area contributed by atoms with E-state index in [4.69, 9.17) is 0 Å². The fraction of sp³-hybridized carbons (Fsp3) is 0.167. The Morgan fingerprint density at radius 1 is 1.00 bits per heavy atom. The summed E-state index contributed by atoms with van der Waals surface area (Å²) in [5.41, 5.74) is 4.11. The van der Waals surface area contributed by atoms with Gasteiger partial charge in [0, 0.05) is 17.8 Å². The smallest absolute Gasteiger partial charge is 0.261 e. The van der Waals surface area contributed by atoms with Crippen LogP contribution in [-0.2, 0) is 16.6 Å². The van der Waals surface area contributed by atoms with Gasteiger partial charge in [0.1, 0.15) is 0 Å². The number of carbonyl (C=O) groups excluding carboxylic acids is 1. The Morgan fingerprint density at radius 2 is 1.72 bits per heavy atom. The largest absolute Gasteiger partial charge is 0.310 e. The normalized spacial score (nSPS) is 11.5. The molecule has 2 N–H and O–H groups in total. The van der Waals surface area contributed by atoms with Crippen LogP contribution in [0.5, 0.6) is 0 Å². The van der Waals surface area contributed by atoms with Crippen molar-refractivity contribution in [2.45, 2.75) is 32.2 Å². The molecule has 0 aliphatic heterocycles. The summed E-state index contributed by atoms with van der Waals surface area (Å²) in [5.74, 6) is 0.00373. The van der Waals surface area contributed by atoms with Crippen LogP contribution in [0, 0.1) is 13.8 Å². The second-order valence-corrected chi connectivity index (χ2v) is 9.25. The molecule has 1 heterocycles. The molecule has 0 saturated heterocycles. The number of benzene rings is 3. The lowest BCUT2D eigenvalue weighted by Gasteiger charge is -2.12. The first-order chi connectivity index (χ1) is 15.3. The highest BCUT2D eigenvalue weighted by molar-refractivity contribution is 7.92. The van der Waals surface area contributed by atoms with E-state index in [0.717, 1.165) is 16.6 Å². The number of nitrogens with zero attached hydrogens (tertiary/aromatic N) is 2. The molecule has 0 aliphatic rings. The van der Waals surface area contributed by atoms with Gasteiger partial charge in [-0.3, -0.25) is 14.8 Å². The highest BCUT2D eigenvalue weighted by atomic mass is 32.2. The number of aryl methyl sites for hydroxylation is 3. The molecule has 1 amide bonds. The molecule has 0 fully saturated rings. The first-order valence-corrected chi connectivity index (χ1v) is 11.7. The van der Waals surface area contributed by atoms with Gasteiger partial charge in [-0.2, -0.15) is 0 Å². The lowest BCUT2D eigenvalue weighted by atomic mass is 10.1. The maximum absolute atomic E-state index is 13.1. The minimum absolute atomic E-state index is 0.0119. The molecule has 164 valence electrons. The van der Waals surface area contributed by atoms with Crippen molar-refractivity contribution in [1.82, 2.24) is 9.55 Å². The Labute approximate surface area is 187 Å². The third kappa shape index (κ3) is 4.22. The maximum Gasteiger partial charge on any atom is 0.261 e. The summed E-state index contributed by atoms with van der Waals surface area (Å²) >= 11 is 0. The molecular formula is C24H24N4O3S. The summed E-state index contributed by atoms with van der Waals surface area (Å²) in [6.07, 6.45) is 0. The molecule has 0 unspecified atom stereocenters. The van der Waals surface area contributed by atoms with Gasteiger partial charge >= 0.3 is 0 Å². The first-order valence-electron chi connectivity index (χ1n) is 10.3. The van der Waals surface area contributed by atoms with Crippen LogP contribution in [0.15, 0.2) is 71.6 Å². The standard InChI is InChI=1S/C24H24N4O3S/c1-4-28-22-8-6-5-7-21(22)25-24(28)26-23(29)20-15-19(14-11-17(20)3)32(30,31)27-18-12-9-16(2)10-13-18/h5-15,27H,4H2,1-3H3,(H,25,26,29). The summed E-state index contributed by atoms with van der Waals surface area (Å²) in [5, 5.41) is 2.84. The van der Waals surface area contributed by atoms with E-state index in [1.165, 1.54) is 12.1 Å². The van der Waals surface area contributed by atoms with E-state index in [0.29, 0.717) is 23.7 Å². The number of aromatic nitrogens is 2. The number of imidazole rings is 1. The van der Waals surface area contributed by atoms with E-state index < -0.39 is 15.9 Å². The second kappa shape index (κ2) is 8.47. The van der Waals surface area contributed by atoms with Crippen molar-refractivity contribution in [3.63, 3.8) is 0 Å². The summed E-state index contributed by atoms with van der Waals surface area (Å²) in [6.45, 7) is 6.29. The lowest BCUT2D eigenvalue weighted by molar-refractivity contribution is 0.102. The fourth-order valence-electron chi connectivity index (χ4n) is 3.51. The summed E-state index contributed by atoms with van der Waals surface area (Å²) in [4.78, 5) is 17.6. The third-order valence-corrected chi connectivity index (χ3v) is 6.64. The number of carbonyl (C=O) groups is 1. The van der Waals surface area contributed by atoms with E-state index in [1.54, 1.807) is 25.1 Å². The van der Waals surface area contributed by atoms with Crippen LogP contribution in [0.3, 0.4) is 0 Å². The number of amides is 1. The molecule has 0 spiro atoms. The zero-order chi connectivity index (χ0) is 22.9. The van der Waals surface area contributed by atoms with Crippen LogP contribution in [0.1, 0.15) is 28.4 Å². The molecule has 7 nitrogen and oxygen atoms in total. The van der Waals surface area contributed by atoms with Gasteiger partial charge in [-0.15, -0.1) is 0 Å². The van der Waals surface area contributed by atoms with E-state index in [2.05, 4.69) is 15.0 Å². The first kappa shape index (κ1) is 21.6. The lowest BCUT2D eigenvalue weighted by Crippen LogP contribution is -2.19. The van der Waals surface area contributed by atoms with Gasteiger partial charge in [0.05, 0.1) is 15.9 Å². The quantitative estimate of drug-likeness (QED) is 0.446. The van der Waals surface area contributed by atoms with Crippen molar-refractivity contribution in [1.29, 1.82) is 0 Å². The van der Waals surface area contributed by atoms with Crippen molar-refractivity contribution >= 4 is 38.6 Å². The van der Waals surface area contributed by atoms with Gasteiger partial charge < -0.3 is 4.57 Å². The van der Waals surface area contributed by atoms with Crippen LogP contribution in [0.25, 0.3) is 11.0 Å². The fourth-order valence-corrected chi connectivity index (χ4v) is 4.59. The predicted octanol–water partition coefficient (Wildman–Crippen LogP) is 4.73. The number of hydrogen-bond donors (Lipinski definition) is 2. The Morgan fingerprint density at radius 3 is 2.44 bits per heavy atom. The summed E-state index contributed by atoms with van der Waals surface area (Å²) < 4.78 is 30.2. The van der Waals surface area contributed by atoms with E-state index in [-0.39, 0.29) is 10.5 Å². The van der Waals surface area contributed by atoms with E-state index in [9.17, 15) is 13.2 Å². The van der Waals surface area contributed by atoms with Crippen LogP contribution < -0.4 is 10.0 Å². The summed E-state index contributed by atoms with van der Waals surface area (Å²) in [6, 6.07) is 19.2. The molecule has 3 aromatic carbocycles. The SMILES string of the molecule is CCn1c(NC(=O)c2cc(S(=O)(=O)Nc3ccc(C)cc3)ccc2C)nc2ccccc21. The molecule has 32 heavy (non-hydrogen) atoms. The molecule has 4 aromatic rings. The van der Waals surface area contributed by atoms with Gasteiger partial charge in [-0.05, 0) is 62.7 Å². The maximum atomic E-state index is 13.1. The number of hydrogen-bond acceptors (Lipinski definition) is 4. The molecule has 0 bridgehead atoms. The minimum Gasteiger partial charge on any atom is -0.310 e. The van der Waals surface area contributed by atoms with Crippen LogP contribution >= 0.6 is 0 Å². The number of sulfonamides is 1. The second-order valence-electron chi connectivity index (χ2n) is 7.57. The Hall–Kier alpha value is -3.65. The van der Waals surface area contributed by atoms with Crippen LogP contribution in [0.4, 0.5) is 11.6 Å². The predicted molar refractivity (Wildman–Crippen MR) is 127 cm³/mol. The molecule has 1 aromatic heterocycles. The Kier molecular flexibility index (Phi) is 5.71.